The SMILES string of the molecule is CC(C)c1c(Cl)ncnc1NC(C)(C)CC(N)=O. The summed E-state index contributed by atoms with van der Waals surface area (Å²) in [6, 6.07) is 0. The Hall–Kier alpha value is -1.36. The number of nitrogens with zero attached hydrogens (tertiary/aromatic N) is 2. The summed E-state index contributed by atoms with van der Waals surface area (Å²) in [5.41, 5.74) is 5.59. The van der Waals surface area contributed by atoms with Crippen LogP contribution < -0.4 is 11.1 Å². The maximum Gasteiger partial charge on any atom is 0.219 e. The molecule has 0 aliphatic rings. The molecule has 5 nitrogen and oxygen atoms in total. The normalized spacial score (nSPS) is 11.7. The smallest absolute Gasteiger partial charge is 0.219 e. The van der Waals surface area contributed by atoms with Crippen LogP contribution in [0.3, 0.4) is 0 Å². The average Bonchev–Trinajstić information content (AvgIpc) is 2.13. The van der Waals surface area contributed by atoms with Crippen molar-refractivity contribution in [1.82, 2.24) is 9.97 Å². The second-order valence-corrected chi connectivity index (χ2v) is 5.59. The van der Waals surface area contributed by atoms with E-state index in [4.69, 9.17) is 17.3 Å². The lowest BCUT2D eigenvalue weighted by atomic mass is 9.98. The van der Waals surface area contributed by atoms with Crippen molar-refractivity contribution in [3.63, 3.8) is 0 Å². The highest BCUT2D eigenvalue weighted by Crippen LogP contribution is 2.30. The third-order valence-electron chi connectivity index (χ3n) is 2.49. The van der Waals surface area contributed by atoms with Crippen LogP contribution in [0.1, 0.15) is 45.6 Å². The molecular weight excluding hydrogens is 252 g/mol. The maximum absolute atomic E-state index is 11.0. The van der Waals surface area contributed by atoms with Crippen LogP contribution in [0.15, 0.2) is 6.33 Å². The van der Waals surface area contributed by atoms with E-state index >= 15 is 0 Å². The van der Waals surface area contributed by atoms with Crippen molar-refractivity contribution < 1.29 is 4.79 Å². The number of carbonyl (C=O) groups excluding carboxylic acids is 1. The Labute approximate surface area is 112 Å². The van der Waals surface area contributed by atoms with Crippen LogP contribution in [-0.2, 0) is 4.79 Å². The molecule has 0 fully saturated rings. The number of nitrogens with two attached hydrogens (primary N) is 1. The molecule has 0 atom stereocenters. The summed E-state index contributed by atoms with van der Waals surface area (Å²) in [5.74, 6) is 0.473. The van der Waals surface area contributed by atoms with Crippen LogP contribution in [-0.4, -0.2) is 21.4 Å². The number of halogens is 1. The first kappa shape index (κ1) is 14.7. The number of hydrogen-bond donors (Lipinski definition) is 2. The molecule has 100 valence electrons. The van der Waals surface area contributed by atoms with Gasteiger partial charge in [0.1, 0.15) is 17.3 Å². The topological polar surface area (TPSA) is 80.9 Å². The number of rotatable bonds is 5. The Bertz CT molecular complexity index is 446. The molecule has 0 aliphatic heterocycles. The zero-order valence-electron chi connectivity index (χ0n) is 11.1. The van der Waals surface area contributed by atoms with E-state index in [9.17, 15) is 4.79 Å². The van der Waals surface area contributed by atoms with E-state index in [1.807, 2.05) is 27.7 Å². The fourth-order valence-electron chi connectivity index (χ4n) is 1.79. The number of primary amides is 1. The number of carbonyl (C=O) groups is 1. The number of aromatic nitrogens is 2. The quantitative estimate of drug-likeness (QED) is 0.805. The second kappa shape index (κ2) is 5.52. The van der Waals surface area contributed by atoms with Gasteiger partial charge in [-0.3, -0.25) is 4.79 Å². The Kier molecular flexibility index (Phi) is 4.51. The van der Waals surface area contributed by atoms with Crippen molar-refractivity contribution in [2.24, 2.45) is 5.73 Å². The van der Waals surface area contributed by atoms with Gasteiger partial charge in [0.25, 0.3) is 0 Å². The van der Waals surface area contributed by atoms with Crippen molar-refractivity contribution in [1.29, 1.82) is 0 Å². The molecule has 0 radical (unpaired) electrons. The van der Waals surface area contributed by atoms with Gasteiger partial charge in [-0.05, 0) is 19.8 Å². The minimum absolute atomic E-state index is 0.186. The van der Waals surface area contributed by atoms with E-state index in [2.05, 4.69) is 15.3 Å². The molecule has 3 N–H and O–H groups in total. The molecule has 1 heterocycles. The van der Waals surface area contributed by atoms with E-state index in [0.29, 0.717) is 11.0 Å². The summed E-state index contributed by atoms with van der Waals surface area (Å²) in [7, 11) is 0. The number of hydrogen-bond acceptors (Lipinski definition) is 4. The molecule has 6 heteroatoms. The molecule has 0 unspecified atom stereocenters. The third-order valence-corrected chi connectivity index (χ3v) is 2.79. The summed E-state index contributed by atoms with van der Waals surface area (Å²) >= 11 is 6.08. The van der Waals surface area contributed by atoms with Gasteiger partial charge in [0.15, 0.2) is 0 Å². The lowest BCUT2D eigenvalue weighted by molar-refractivity contribution is -0.118. The van der Waals surface area contributed by atoms with Crippen molar-refractivity contribution in [2.45, 2.75) is 45.6 Å². The van der Waals surface area contributed by atoms with Gasteiger partial charge in [-0.15, -0.1) is 0 Å². The first-order chi connectivity index (χ1) is 8.23. The number of anilines is 1. The molecule has 1 amide bonds. The molecule has 1 aromatic heterocycles. The van der Waals surface area contributed by atoms with E-state index in [0.717, 1.165) is 5.56 Å². The standard InChI is InChI=1S/C12H19ClN4O/c1-7(2)9-10(13)15-6-16-11(9)17-12(3,4)5-8(14)18/h6-7H,5H2,1-4H3,(H2,14,18)(H,15,16,17). The Balaban J connectivity index is 3.04. The predicted molar refractivity (Wildman–Crippen MR) is 72.6 cm³/mol. The molecule has 1 rings (SSSR count). The molecule has 1 aromatic rings. The van der Waals surface area contributed by atoms with Gasteiger partial charge in [0, 0.05) is 17.5 Å². The summed E-state index contributed by atoms with van der Waals surface area (Å²) in [5, 5.41) is 3.63. The number of nitrogens with one attached hydrogen (secondary N) is 1. The van der Waals surface area contributed by atoms with Crippen LogP contribution in [0, 0.1) is 0 Å². The van der Waals surface area contributed by atoms with Gasteiger partial charge in [0.2, 0.25) is 5.91 Å². The van der Waals surface area contributed by atoms with Crippen LogP contribution in [0.2, 0.25) is 5.15 Å². The van der Waals surface area contributed by atoms with Gasteiger partial charge in [-0.1, -0.05) is 25.4 Å². The van der Waals surface area contributed by atoms with Crippen LogP contribution >= 0.6 is 11.6 Å². The Morgan fingerprint density at radius 3 is 2.61 bits per heavy atom. The summed E-state index contributed by atoms with van der Waals surface area (Å²) in [6.45, 7) is 7.80. The summed E-state index contributed by atoms with van der Waals surface area (Å²) < 4.78 is 0. The molecule has 0 spiro atoms. The number of amides is 1. The van der Waals surface area contributed by atoms with Crippen molar-refractivity contribution in [3.8, 4) is 0 Å². The van der Waals surface area contributed by atoms with E-state index in [1.165, 1.54) is 6.33 Å². The minimum Gasteiger partial charge on any atom is -0.370 e. The average molecular weight is 271 g/mol. The maximum atomic E-state index is 11.0. The van der Waals surface area contributed by atoms with Gasteiger partial charge in [0.05, 0.1) is 0 Å². The zero-order valence-corrected chi connectivity index (χ0v) is 11.9. The van der Waals surface area contributed by atoms with Crippen LogP contribution in [0.5, 0.6) is 0 Å². The van der Waals surface area contributed by atoms with Crippen molar-refractivity contribution in [3.05, 3.63) is 17.0 Å². The second-order valence-electron chi connectivity index (χ2n) is 5.23. The third kappa shape index (κ3) is 3.84. The van der Waals surface area contributed by atoms with Crippen LogP contribution in [0.25, 0.3) is 0 Å². The largest absolute Gasteiger partial charge is 0.370 e. The van der Waals surface area contributed by atoms with Crippen LogP contribution in [0.4, 0.5) is 5.82 Å². The first-order valence-electron chi connectivity index (χ1n) is 5.80. The van der Waals surface area contributed by atoms with Gasteiger partial charge >= 0.3 is 0 Å². The minimum atomic E-state index is -0.479. The highest BCUT2D eigenvalue weighted by molar-refractivity contribution is 6.30. The van der Waals surface area contributed by atoms with E-state index in [1.54, 1.807) is 0 Å². The monoisotopic (exact) mass is 270 g/mol. The molecule has 0 saturated carbocycles. The van der Waals surface area contributed by atoms with E-state index in [-0.39, 0.29) is 18.2 Å². The molecule has 0 saturated heterocycles. The fourth-order valence-corrected chi connectivity index (χ4v) is 2.14. The molecule has 0 aromatic carbocycles. The van der Waals surface area contributed by atoms with Gasteiger partial charge in [-0.2, -0.15) is 0 Å². The van der Waals surface area contributed by atoms with Gasteiger partial charge in [-0.25, -0.2) is 9.97 Å². The summed E-state index contributed by atoms with van der Waals surface area (Å²) in [4.78, 5) is 19.2. The van der Waals surface area contributed by atoms with Crippen molar-refractivity contribution >= 4 is 23.3 Å². The zero-order chi connectivity index (χ0) is 13.9. The highest BCUT2D eigenvalue weighted by atomic mass is 35.5. The molecule has 18 heavy (non-hydrogen) atoms. The lowest BCUT2D eigenvalue weighted by Gasteiger charge is -2.27. The highest BCUT2D eigenvalue weighted by Gasteiger charge is 2.23. The first-order valence-corrected chi connectivity index (χ1v) is 6.17. The Morgan fingerprint density at radius 1 is 1.50 bits per heavy atom. The predicted octanol–water partition coefficient (Wildman–Crippen LogP) is 2.32. The summed E-state index contributed by atoms with van der Waals surface area (Å²) in [6.07, 6.45) is 1.61. The lowest BCUT2D eigenvalue weighted by Crippen LogP contribution is -2.36. The molecule has 0 aliphatic carbocycles. The van der Waals surface area contributed by atoms with E-state index < -0.39 is 5.54 Å². The fraction of sp³-hybridized carbons (Fsp3) is 0.583. The molecule has 0 bridgehead atoms. The van der Waals surface area contributed by atoms with Gasteiger partial charge < -0.3 is 11.1 Å². The molecular formula is C12H19ClN4O. The van der Waals surface area contributed by atoms with Crippen molar-refractivity contribution in [2.75, 3.05) is 5.32 Å². The Morgan fingerprint density at radius 2 is 2.11 bits per heavy atom.